The first kappa shape index (κ1) is 17.4. The van der Waals surface area contributed by atoms with E-state index in [-0.39, 0.29) is 23.0 Å². The van der Waals surface area contributed by atoms with Crippen molar-refractivity contribution in [2.45, 2.75) is 17.4 Å². The second kappa shape index (κ2) is 7.21. The molecule has 2 aliphatic rings. The van der Waals surface area contributed by atoms with Gasteiger partial charge in [0, 0.05) is 51.7 Å². The van der Waals surface area contributed by atoms with Crippen molar-refractivity contribution in [2.24, 2.45) is 0 Å². The van der Waals surface area contributed by atoms with Gasteiger partial charge in [-0.1, -0.05) is 18.2 Å². The first-order valence-electron chi connectivity index (χ1n) is 8.44. The fourth-order valence-corrected chi connectivity index (χ4v) is 4.71. The van der Waals surface area contributed by atoms with Crippen LogP contribution in [0.4, 0.5) is 0 Å². The van der Waals surface area contributed by atoms with Gasteiger partial charge in [0.1, 0.15) is 0 Å². The standard InChI is InChI=1S/C17H25N3O3S/c1-18-8-9-19-10-11-20(14-15(19)13-18)17(21)7-12-24(22,23)16-5-3-2-4-6-16/h2-6,15H,7-14H2,1H3/t15-/m1/s1. The Hall–Kier alpha value is -1.44. The molecule has 1 aromatic carbocycles. The van der Waals surface area contributed by atoms with E-state index in [1.54, 1.807) is 30.3 Å². The number of likely N-dealkylation sites (N-methyl/N-ethyl adjacent to an activating group) is 1. The second-order valence-corrected chi connectivity index (χ2v) is 8.78. The lowest BCUT2D eigenvalue weighted by molar-refractivity contribution is -0.134. The van der Waals surface area contributed by atoms with Crippen LogP contribution in [0.15, 0.2) is 35.2 Å². The zero-order chi connectivity index (χ0) is 17.2. The summed E-state index contributed by atoms with van der Waals surface area (Å²) in [5.74, 6) is -0.178. The van der Waals surface area contributed by atoms with Gasteiger partial charge < -0.3 is 9.80 Å². The van der Waals surface area contributed by atoms with Gasteiger partial charge in [0.25, 0.3) is 0 Å². The van der Waals surface area contributed by atoms with E-state index in [9.17, 15) is 13.2 Å². The van der Waals surface area contributed by atoms with E-state index in [2.05, 4.69) is 16.8 Å². The van der Waals surface area contributed by atoms with Crippen LogP contribution in [-0.4, -0.2) is 87.1 Å². The highest BCUT2D eigenvalue weighted by atomic mass is 32.2. The Kier molecular flexibility index (Phi) is 5.22. The molecule has 24 heavy (non-hydrogen) atoms. The second-order valence-electron chi connectivity index (χ2n) is 6.67. The Morgan fingerprint density at radius 1 is 1.08 bits per heavy atom. The monoisotopic (exact) mass is 351 g/mol. The predicted octanol–water partition coefficient (Wildman–Crippen LogP) is 0.309. The third kappa shape index (κ3) is 3.96. The van der Waals surface area contributed by atoms with Gasteiger partial charge in [-0.2, -0.15) is 0 Å². The molecule has 2 saturated heterocycles. The maximum atomic E-state index is 12.5. The maximum absolute atomic E-state index is 12.5. The molecule has 0 radical (unpaired) electrons. The van der Waals surface area contributed by atoms with E-state index in [1.165, 1.54) is 0 Å². The van der Waals surface area contributed by atoms with Crippen molar-refractivity contribution in [3.05, 3.63) is 30.3 Å². The molecule has 0 unspecified atom stereocenters. The first-order chi connectivity index (χ1) is 11.5. The molecule has 1 atom stereocenters. The average molecular weight is 351 g/mol. The molecule has 1 aromatic rings. The van der Waals surface area contributed by atoms with Crippen molar-refractivity contribution in [1.29, 1.82) is 0 Å². The van der Waals surface area contributed by atoms with Crippen molar-refractivity contribution < 1.29 is 13.2 Å². The van der Waals surface area contributed by atoms with Gasteiger partial charge in [0.2, 0.25) is 5.91 Å². The number of carbonyl (C=O) groups is 1. The van der Waals surface area contributed by atoms with Gasteiger partial charge in [0.05, 0.1) is 10.6 Å². The molecule has 0 saturated carbocycles. The van der Waals surface area contributed by atoms with E-state index < -0.39 is 9.84 Å². The number of benzene rings is 1. The third-order valence-corrected chi connectivity index (χ3v) is 6.67. The average Bonchev–Trinajstić information content (AvgIpc) is 2.60. The summed E-state index contributed by atoms with van der Waals surface area (Å²) in [7, 11) is -1.29. The largest absolute Gasteiger partial charge is 0.340 e. The lowest BCUT2D eigenvalue weighted by atomic mass is 10.1. The summed E-state index contributed by atoms with van der Waals surface area (Å²) < 4.78 is 24.6. The van der Waals surface area contributed by atoms with E-state index >= 15 is 0 Å². The van der Waals surface area contributed by atoms with Crippen LogP contribution in [0.25, 0.3) is 0 Å². The van der Waals surface area contributed by atoms with Gasteiger partial charge in [0.15, 0.2) is 9.84 Å². The van der Waals surface area contributed by atoms with Crippen LogP contribution >= 0.6 is 0 Å². The zero-order valence-electron chi connectivity index (χ0n) is 14.1. The topological polar surface area (TPSA) is 60.9 Å². The summed E-state index contributed by atoms with van der Waals surface area (Å²) in [5.41, 5.74) is 0. The summed E-state index contributed by atoms with van der Waals surface area (Å²) >= 11 is 0. The molecule has 3 rings (SSSR count). The van der Waals surface area contributed by atoms with Gasteiger partial charge in [-0.3, -0.25) is 9.69 Å². The Balaban J connectivity index is 1.56. The quantitative estimate of drug-likeness (QED) is 0.781. The minimum Gasteiger partial charge on any atom is -0.340 e. The van der Waals surface area contributed by atoms with Crippen LogP contribution in [0.5, 0.6) is 0 Å². The molecule has 1 amide bonds. The predicted molar refractivity (Wildman–Crippen MR) is 92.5 cm³/mol. The van der Waals surface area contributed by atoms with Crippen molar-refractivity contribution in [3.8, 4) is 0 Å². The first-order valence-corrected chi connectivity index (χ1v) is 10.1. The molecule has 0 spiro atoms. The van der Waals surface area contributed by atoms with Crippen LogP contribution in [0.1, 0.15) is 6.42 Å². The number of hydrogen-bond donors (Lipinski definition) is 0. The molecule has 2 heterocycles. The third-order valence-electron chi connectivity index (χ3n) is 4.94. The van der Waals surface area contributed by atoms with E-state index in [4.69, 9.17) is 0 Å². The van der Waals surface area contributed by atoms with Crippen LogP contribution in [-0.2, 0) is 14.6 Å². The van der Waals surface area contributed by atoms with Gasteiger partial charge >= 0.3 is 0 Å². The summed E-state index contributed by atoms with van der Waals surface area (Å²) in [5, 5.41) is 0. The van der Waals surface area contributed by atoms with Crippen LogP contribution in [0, 0.1) is 0 Å². The number of hydrogen-bond acceptors (Lipinski definition) is 5. The molecule has 132 valence electrons. The van der Waals surface area contributed by atoms with Crippen molar-refractivity contribution in [3.63, 3.8) is 0 Å². The number of nitrogens with zero attached hydrogens (tertiary/aromatic N) is 3. The van der Waals surface area contributed by atoms with E-state index in [0.717, 1.165) is 26.2 Å². The minimum atomic E-state index is -3.39. The maximum Gasteiger partial charge on any atom is 0.223 e. The lowest BCUT2D eigenvalue weighted by Crippen LogP contribution is -2.62. The van der Waals surface area contributed by atoms with Gasteiger partial charge in [-0.05, 0) is 19.2 Å². The molecule has 0 aliphatic carbocycles. The molecular weight excluding hydrogens is 326 g/mol. The molecule has 2 aliphatic heterocycles. The number of amides is 1. The lowest BCUT2D eigenvalue weighted by Gasteiger charge is -2.46. The Bertz CT molecular complexity index is 678. The highest BCUT2D eigenvalue weighted by molar-refractivity contribution is 7.91. The van der Waals surface area contributed by atoms with E-state index in [1.807, 2.05) is 4.90 Å². The number of fused-ring (bicyclic) bond motifs is 1. The Labute approximate surface area is 144 Å². The smallest absolute Gasteiger partial charge is 0.223 e. The van der Waals surface area contributed by atoms with Crippen molar-refractivity contribution in [1.82, 2.24) is 14.7 Å². The zero-order valence-corrected chi connectivity index (χ0v) is 14.9. The van der Waals surface area contributed by atoms with Crippen LogP contribution < -0.4 is 0 Å². The van der Waals surface area contributed by atoms with Crippen molar-refractivity contribution in [2.75, 3.05) is 52.1 Å². The molecule has 0 aromatic heterocycles. The minimum absolute atomic E-state index is 0.0533. The Morgan fingerprint density at radius 2 is 1.79 bits per heavy atom. The molecule has 0 bridgehead atoms. The van der Waals surface area contributed by atoms with Crippen LogP contribution in [0.2, 0.25) is 0 Å². The molecular formula is C17H25N3O3S. The number of sulfone groups is 1. The fourth-order valence-electron chi connectivity index (χ4n) is 3.46. The van der Waals surface area contributed by atoms with Gasteiger partial charge in [-0.25, -0.2) is 8.42 Å². The SMILES string of the molecule is CN1CCN2CCN(C(=O)CCS(=O)(=O)c3ccccc3)C[C@H]2C1. The Morgan fingerprint density at radius 3 is 2.54 bits per heavy atom. The summed E-state index contributed by atoms with van der Waals surface area (Å²) in [6, 6.07) is 8.71. The number of carbonyl (C=O) groups excluding carboxylic acids is 1. The molecule has 0 N–H and O–H groups in total. The van der Waals surface area contributed by atoms with E-state index in [0.29, 0.717) is 19.1 Å². The molecule has 6 nitrogen and oxygen atoms in total. The normalized spacial score (nSPS) is 23.0. The number of piperazine rings is 2. The highest BCUT2D eigenvalue weighted by Crippen LogP contribution is 2.17. The van der Waals surface area contributed by atoms with Crippen LogP contribution in [0.3, 0.4) is 0 Å². The summed E-state index contributed by atoms with van der Waals surface area (Å²) in [6.45, 7) is 5.37. The molecule has 2 fully saturated rings. The highest BCUT2D eigenvalue weighted by Gasteiger charge is 2.32. The number of rotatable bonds is 4. The fraction of sp³-hybridized carbons (Fsp3) is 0.588. The summed E-state index contributed by atoms with van der Waals surface area (Å²) in [4.78, 5) is 19.3. The summed E-state index contributed by atoms with van der Waals surface area (Å²) in [6.07, 6.45) is 0.0553. The van der Waals surface area contributed by atoms with Crippen molar-refractivity contribution >= 4 is 15.7 Å². The van der Waals surface area contributed by atoms with Gasteiger partial charge in [-0.15, -0.1) is 0 Å². The molecule has 7 heteroatoms.